The molecule has 7 heteroatoms. The van der Waals surface area contributed by atoms with Crippen LogP contribution >= 0.6 is 0 Å². The van der Waals surface area contributed by atoms with Crippen LogP contribution < -0.4 is 5.32 Å². The van der Waals surface area contributed by atoms with Crippen LogP contribution in [0.5, 0.6) is 0 Å². The third kappa shape index (κ3) is 2.36. The lowest BCUT2D eigenvalue weighted by atomic mass is 9.68. The maximum atomic E-state index is 10.7. The van der Waals surface area contributed by atoms with E-state index in [1.165, 1.54) is 0 Å². The van der Waals surface area contributed by atoms with Gasteiger partial charge in [0.25, 0.3) is 0 Å². The van der Waals surface area contributed by atoms with Crippen molar-refractivity contribution in [1.82, 2.24) is 5.32 Å². The van der Waals surface area contributed by atoms with Crippen LogP contribution in [0.2, 0.25) is 0 Å². The van der Waals surface area contributed by atoms with E-state index in [1.807, 2.05) is 26.8 Å². The van der Waals surface area contributed by atoms with E-state index in [0.717, 1.165) is 22.2 Å². The summed E-state index contributed by atoms with van der Waals surface area (Å²) in [4.78, 5) is 10.7. The van der Waals surface area contributed by atoms with Gasteiger partial charge in [-0.2, -0.15) is 0 Å². The van der Waals surface area contributed by atoms with E-state index in [0.29, 0.717) is 6.61 Å². The highest BCUT2D eigenvalue weighted by Gasteiger charge is 2.50. The van der Waals surface area contributed by atoms with E-state index < -0.39 is 18.8 Å². The van der Waals surface area contributed by atoms with Gasteiger partial charge in [0, 0.05) is 6.54 Å². The summed E-state index contributed by atoms with van der Waals surface area (Å²) >= 11 is 0. The molecule has 1 atom stereocenters. The van der Waals surface area contributed by atoms with Crippen molar-refractivity contribution in [2.45, 2.75) is 32.5 Å². The molecule has 3 rings (SSSR count). The number of hydrogen-bond acceptors (Lipinski definition) is 4. The Morgan fingerprint density at radius 3 is 3.05 bits per heavy atom. The van der Waals surface area contributed by atoms with Crippen molar-refractivity contribution in [2.75, 3.05) is 13.2 Å². The smallest absolute Gasteiger partial charge is 0.495 e. The van der Waals surface area contributed by atoms with Crippen LogP contribution in [0.25, 0.3) is 0 Å². The molecule has 0 saturated carbocycles. The Hall–Kier alpha value is -1.73. The number of allylic oxidation sites excluding steroid dienone is 3. The second-order valence-electron chi connectivity index (χ2n) is 5.87. The Labute approximate surface area is 123 Å². The van der Waals surface area contributed by atoms with E-state index >= 15 is 0 Å². The summed E-state index contributed by atoms with van der Waals surface area (Å²) in [5, 5.41) is 11.1. The summed E-state index contributed by atoms with van der Waals surface area (Å²) < 4.78 is 17.5. The number of nitrogens with one attached hydrogen (secondary N) is 1. The lowest BCUT2D eigenvalue weighted by Gasteiger charge is -2.30. The first-order chi connectivity index (χ1) is 9.90. The molecule has 21 heavy (non-hydrogen) atoms. The first-order valence-corrected chi connectivity index (χ1v) is 6.93. The molecule has 6 nitrogen and oxygen atoms in total. The van der Waals surface area contributed by atoms with Gasteiger partial charge >= 0.3 is 13.2 Å². The van der Waals surface area contributed by atoms with Crippen molar-refractivity contribution in [3.05, 3.63) is 34.5 Å². The monoisotopic (exact) mass is 291 g/mol. The molecular formula is C14H18BNO5. The summed E-state index contributed by atoms with van der Waals surface area (Å²) in [6, 6.07) is 0. The summed E-state index contributed by atoms with van der Waals surface area (Å²) in [7, 11) is -0.472. The topological polar surface area (TPSA) is 77.0 Å². The van der Waals surface area contributed by atoms with Crippen LogP contribution in [-0.2, 0) is 14.0 Å². The Morgan fingerprint density at radius 1 is 1.57 bits per heavy atom. The molecule has 0 aromatic rings. The van der Waals surface area contributed by atoms with Crippen molar-refractivity contribution in [1.29, 1.82) is 0 Å². The largest absolute Gasteiger partial charge is 0.497 e. The average molecular weight is 291 g/mol. The van der Waals surface area contributed by atoms with Crippen molar-refractivity contribution < 1.29 is 23.9 Å². The summed E-state index contributed by atoms with van der Waals surface area (Å²) in [6.45, 7) is 6.60. The zero-order chi connectivity index (χ0) is 15.2. The van der Waals surface area contributed by atoms with Crippen LogP contribution in [0.1, 0.15) is 20.8 Å². The summed E-state index contributed by atoms with van der Waals surface area (Å²) in [6.07, 6.45) is 2.18. The Balaban J connectivity index is 1.99. The highest BCUT2D eigenvalue weighted by atomic mass is 16.6. The maximum absolute atomic E-state index is 10.7. The van der Waals surface area contributed by atoms with Crippen molar-refractivity contribution >= 4 is 13.2 Å². The van der Waals surface area contributed by atoms with Crippen LogP contribution in [0, 0.1) is 0 Å². The minimum atomic E-state index is -1.06. The standard InChI is InChI=1S/C14H18BNO5/c1-8-9-4-5-19-7-10-12(9)15(21-14(10,2)3)20-11(8)6-16-13(17)18/h4-5,11,16H,6-7H2,1-3H3,(H,17,18)/t11-/m1/s1. The summed E-state index contributed by atoms with van der Waals surface area (Å²) in [5.41, 5.74) is 3.67. The lowest BCUT2D eigenvalue weighted by Crippen LogP contribution is -2.42. The van der Waals surface area contributed by atoms with Gasteiger partial charge in [-0.15, -0.1) is 0 Å². The number of rotatable bonds is 2. The second-order valence-corrected chi connectivity index (χ2v) is 5.87. The molecule has 0 fully saturated rings. The van der Waals surface area contributed by atoms with E-state index in [2.05, 4.69) is 5.32 Å². The highest BCUT2D eigenvalue weighted by molar-refractivity contribution is 6.57. The normalized spacial score (nSPS) is 26.4. The second kappa shape index (κ2) is 4.93. The first kappa shape index (κ1) is 14.2. The molecule has 0 bridgehead atoms. The van der Waals surface area contributed by atoms with Gasteiger partial charge < -0.3 is 24.5 Å². The molecular weight excluding hydrogens is 273 g/mol. The fraction of sp³-hybridized carbons (Fsp3) is 0.500. The third-order valence-electron chi connectivity index (χ3n) is 4.17. The number of carbonyl (C=O) groups is 1. The summed E-state index contributed by atoms with van der Waals surface area (Å²) in [5.74, 6) is 0. The SMILES string of the molecule is CC1=C2C=COCC3=C2B(O[C@@H]1CNC(=O)O)OC3(C)C. The maximum Gasteiger partial charge on any atom is 0.495 e. The van der Waals surface area contributed by atoms with E-state index in [-0.39, 0.29) is 12.6 Å². The van der Waals surface area contributed by atoms with Crippen molar-refractivity contribution in [3.8, 4) is 0 Å². The van der Waals surface area contributed by atoms with Gasteiger partial charge in [0.05, 0.1) is 18.0 Å². The first-order valence-electron chi connectivity index (χ1n) is 6.93. The van der Waals surface area contributed by atoms with Gasteiger partial charge in [-0.05, 0) is 49.0 Å². The zero-order valence-corrected chi connectivity index (χ0v) is 12.3. The fourth-order valence-corrected chi connectivity index (χ4v) is 2.99. The molecule has 112 valence electrons. The van der Waals surface area contributed by atoms with Crippen LogP contribution in [0.15, 0.2) is 34.5 Å². The van der Waals surface area contributed by atoms with Gasteiger partial charge in [0.2, 0.25) is 0 Å². The van der Waals surface area contributed by atoms with E-state index in [9.17, 15) is 4.79 Å². The molecule has 2 N–H and O–H groups in total. The molecule has 3 heterocycles. The van der Waals surface area contributed by atoms with Crippen molar-refractivity contribution in [3.63, 3.8) is 0 Å². The van der Waals surface area contributed by atoms with Crippen LogP contribution in [-0.4, -0.2) is 43.2 Å². The molecule has 0 aromatic carbocycles. The molecule has 0 saturated heterocycles. The number of ether oxygens (including phenoxy) is 1. The minimum absolute atomic E-state index is 0.197. The Morgan fingerprint density at radius 2 is 2.33 bits per heavy atom. The minimum Gasteiger partial charge on any atom is -0.497 e. The average Bonchev–Trinajstić information content (AvgIpc) is 2.57. The van der Waals surface area contributed by atoms with E-state index in [4.69, 9.17) is 19.2 Å². The molecule has 3 aliphatic rings. The fourth-order valence-electron chi connectivity index (χ4n) is 2.99. The number of carboxylic acid groups (broad SMARTS) is 1. The van der Waals surface area contributed by atoms with Crippen molar-refractivity contribution in [2.24, 2.45) is 0 Å². The molecule has 1 amide bonds. The molecule has 0 unspecified atom stereocenters. The van der Waals surface area contributed by atoms with Gasteiger partial charge in [-0.1, -0.05) is 0 Å². The predicted octanol–water partition coefficient (Wildman–Crippen LogP) is 1.65. The van der Waals surface area contributed by atoms with Crippen LogP contribution in [0.4, 0.5) is 4.79 Å². The Kier molecular flexibility index (Phi) is 3.34. The highest BCUT2D eigenvalue weighted by Crippen LogP contribution is 2.43. The zero-order valence-electron chi connectivity index (χ0n) is 12.3. The number of amides is 1. The van der Waals surface area contributed by atoms with E-state index in [1.54, 1.807) is 6.26 Å². The molecule has 0 spiro atoms. The van der Waals surface area contributed by atoms with Gasteiger partial charge in [-0.3, -0.25) is 0 Å². The lowest BCUT2D eigenvalue weighted by molar-refractivity contribution is 0.0873. The Bertz CT molecular complexity index is 578. The molecule has 3 aliphatic heterocycles. The third-order valence-corrected chi connectivity index (χ3v) is 4.17. The van der Waals surface area contributed by atoms with Gasteiger partial charge in [0.15, 0.2) is 0 Å². The number of hydrogen-bond donors (Lipinski definition) is 2. The molecule has 0 radical (unpaired) electrons. The van der Waals surface area contributed by atoms with Gasteiger partial charge in [-0.25, -0.2) is 4.79 Å². The molecule has 0 aromatic heterocycles. The van der Waals surface area contributed by atoms with Crippen LogP contribution in [0.3, 0.4) is 0 Å². The molecule has 0 aliphatic carbocycles. The van der Waals surface area contributed by atoms with Gasteiger partial charge in [0.1, 0.15) is 6.61 Å². The quantitative estimate of drug-likeness (QED) is 0.756. The predicted molar refractivity (Wildman–Crippen MR) is 76.6 cm³/mol.